The van der Waals surface area contributed by atoms with Crippen molar-refractivity contribution in [3.05, 3.63) is 0 Å². The van der Waals surface area contributed by atoms with Crippen LogP contribution in [0.4, 0.5) is 4.79 Å². The summed E-state index contributed by atoms with van der Waals surface area (Å²) in [5, 5.41) is 5.63. The SMILES string of the molecule is CC1(OC(=O)N[C@H](C(=O)N2C[C@H]3[C@@H]([C@H]2C(=O)NC(CC2CCC2)C(=O)C(N)=O)C3(C)C)C(C)(C)C)CCCCC1. The number of hydrogen-bond acceptors (Lipinski definition) is 6. The fourth-order valence-electron chi connectivity index (χ4n) is 7.12. The number of nitrogens with one attached hydrogen (secondary N) is 2. The molecule has 3 aliphatic carbocycles. The fraction of sp³-hybridized carbons (Fsp3) is 0.833. The molecule has 1 heterocycles. The van der Waals surface area contributed by atoms with Gasteiger partial charge in [0.2, 0.25) is 17.6 Å². The van der Waals surface area contributed by atoms with Gasteiger partial charge < -0.3 is 26.0 Å². The average Bonchev–Trinajstić information content (AvgIpc) is 3.14. The van der Waals surface area contributed by atoms with Crippen molar-refractivity contribution in [1.82, 2.24) is 15.5 Å². The Morgan fingerprint density at radius 1 is 0.975 bits per heavy atom. The van der Waals surface area contributed by atoms with Crippen molar-refractivity contribution in [3.63, 3.8) is 0 Å². The van der Waals surface area contributed by atoms with E-state index >= 15 is 0 Å². The van der Waals surface area contributed by atoms with Gasteiger partial charge in [0, 0.05) is 6.54 Å². The molecule has 40 heavy (non-hydrogen) atoms. The van der Waals surface area contributed by atoms with E-state index in [1.165, 1.54) is 0 Å². The monoisotopic (exact) mass is 560 g/mol. The smallest absolute Gasteiger partial charge is 0.408 e. The third-order valence-electron chi connectivity index (χ3n) is 10.1. The molecule has 5 atom stereocenters. The van der Waals surface area contributed by atoms with Crippen LogP contribution in [-0.2, 0) is 23.9 Å². The first-order valence-corrected chi connectivity index (χ1v) is 15.0. The lowest BCUT2D eigenvalue weighted by Gasteiger charge is -2.39. The van der Waals surface area contributed by atoms with E-state index in [2.05, 4.69) is 24.5 Å². The van der Waals surface area contributed by atoms with Crippen LogP contribution in [0.3, 0.4) is 0 Å². The van der Waals surface area contributed by atoms with Crippen LogP contribution in [0.25, 0.3) is 0 Å². The van der Waals surface area contributed by atoms with Gasteiger partial charge in [-0.1, -0.05) is 60.3 Å². The van der Waals surface area contributed by atoms with E-state index < -0.39 is 52.8 Å². The molecule has 0 aromatic rings. The van der Waals surface area contributed by atoms with Gasteiger partial charge in [0.15, 0.2) is 0 Å². The van der Waals surface area contributed by atoms with Crippen molar-refractivity contribution < 1.29 is 28.7 Å². The number of Topliss-reactive ketones (excluding diaryl/α,β-unsaturated/α-hetero) is 1. The lowest BCUT2D eigenvalue weighted by atomic mass is 9.80. The number of piperidine rings is 1. The summed E-state index contributed by atoms with van der Waals surface area (Å²) in [5.41, 5.74) is 3.96. The van der Waals surface area contributed by atoms with E-state index in [0.717, 1.165) is 51.4 Å². The van der Waals surface area contributed by atoms with E-state index in [4.69, 9.17) is 10.5 Å². The van der Waals surface area contributed by atoms with Gasteiger partial charge in [-0.15, -0.1) is 0 Å². The zero-order chi connectivity index (χ0) is 29.6. The molecule has 0 radical (unpaired) electrons. The standard InChI is InChI=1S/C30H48N4O6/c1-28(2,3)23(33-27(39)40-30(6)13-8-7-9-14-30)26(38)34-16-18-20(29(18,4)5)21(34)25(37)32-19(22(35)24(31)36)15-17-11-10-12-17/h17-21,23H,7-16H2,1-6H3,(H2,31,36)(H,32,37)(H,33,39)/t18-,19?,20-,21-,23+/m0/s1. The summed E-state index contributed by atoms with van der Waals surface area (Å²) in [6, 6.07) is -2.73. The number of nitrogens with two attached hydrogens (primary N) is 1. The summed E-state index contributed by atoms with van der Waals surface area (Å²) in [6.07, 6.45) is 7.36. The van der Waals surface area contributed by atoms with Crippen LogP contribution in [0.15, 0.2) is 0 Å². The van der Waals surface area contributed by atoms with Gasteiger partial charge >= 0.3 is 6.09 Å². The van der Waals surface area contributed by atoms with E-state index in [-0.39, 0.29) is 29.1 Å². The Balaban J connectivity index is 1.52. The highest BCUT2D eigenvalue weighted by atomic mass is 16.6. The van der Waals surface area contributed by atoms with Gasteiger partial charge in [0.25, 0.3) is 5.91 Å². The van der Waals surface area contributed by atoms with Crippen molar-refractivity contribution in [2.75, 3.05) is 6.54 Å². The maximum absolute atomic E-state index is 14.1. The van der Waals surface area contributed by atoms with Crippen LogP contribution in [0, 0.1) is 28.6 Å². The second-order valence-corrected chi connectivity index (χ2v) is 14.6. The summed E-state index contributed by atoms with van der Waals surface area (Å²) in [4.78, 5) is 66.9. The first-order chi connectivity index (χ1) is 18.5. The molecule has 224 valence electrons. The topological polar surface area (TPSA) is 148 Å². The molecule has 1 unspecified atom stereocenters. The van der Waals surface area contributed by atoms with Gasteiger partial charge in [-0.25, -0.2) is 4.79 Å². The molecule has 4 aliphatic rings. The van der Waals surface area contributed by atoms with Crippen molar-refractivity contribution in [1.29, 1.82) is 0 Å². The molecule has 3 saturated carbocycles. The maximum atomic E-state index is 14.1. The van der Waals surface area contributed by atoms with Crippen LogP contribution in [0.5, 0.6) is 0 Å². The Hall–Kier alpha value is -2.65. The first-order valence-electron chi connectivity index (χ1n) is 15.0. The number of hydrogen-bond donors (Lipinski definition) is 3. The van der Waals surface area contributed by atoms with E-state index in [0.29, 0.717) is 13.0 Å². The summed E-state index contributed by atoms with van der Waals surface area (Å²) in [6.45, 7) is 12.1. The molecule has 1 saturated heterocycles. The normalized spacial score (nSPS) is 28.4. The largest absolute Gasteiger partial charge is 0.443 e. The van der Waals surface area contributed by atoms with Crippen molar-refractivity contribution >= 4 is 29.6 Å². The first kappa shape index (κ1) is 30.3. The number of ether oxygens (including phenoxy) is 1. The third kappa shape index (κ3) is 6.15. The molecule has 4 amide bonds. The van der Waals surface area contributed by atoms with Crippen LogP contribution < -0.4 is 16.4 Å². The van der Waals surface area contributed by atoms with E-state index in [1.807, 2.05) is 27.7 Å². The van der Waals surface area contributed by atoms with Gasteiger partial charge in [-0.05, 0) is 67.6 Å². The molecule has 1 aliphatic heterocycles. The van der Waals surface area contributed by atoms with Crippen molar-refractivity contribution in [2.45, 2.75) is 123 Å². The minimum absolute atomic E-state index is 0.0850. The number of amides is 4. The Kier molecular flexibility index (Phi) is 8.31. The third-order valence-corrected chi connectivity index (χ3v) is 10.1. The van der Waals surface area contributed by atoms with E-state index in [1.54, 1.807) is 4.90 Å². The van der Waals surface area contributed by atoms with Crippen LogP contribution in [0.2, 0.25) is 0 Å². The molecular formula is C30H48N4O6. The fourth-order valence-corrected chi connectivity index (χ4v) is 7.12. The van der Waals surface area contributed by atoms with Gasteiger partial charge in [-0.2, -0.15) is 0 Å². The number of fused-ring (bicyclic) bond motifs is 1. The molecule has 10 heteroatoms. The molecular weight excluding hydrogens is 512 g/mol. The number of nitrogens with zero attached hydrogens (tertiary/aromatic N) is 1. The number of alkyl carbamates (subject to hydrolysis) is 1. The minimum atomic E-state index is -1.07. The molecule has 4 rings (SSSR count). The quantitative estimate of drug-likeness (QED) is 0.369. The van der Waals surface area contributed by atoms with Crippen LogP contribution in [0.1, 0.15) is 99.3 Å². The Labute approximate surface area is 237 Å². The summed E-state index contributed by atoms with van der Waals surface area (Å²) < 4.78 is 5.83. The molecule has 0 spiro atoms. The van der Waals surface area contributed by atoms with Crippen molar-refractivity contribution in [2.24, 2.45) is 34.3 Å². The minimum Gasteiger partial charge on any atom is -0.443 e. The van der Waals surface area contributed by atoms with Gasteiger partial charge in [-0.3, -0.25) is 19.2 Å². The Bertz CT molecular complexity index is 1040. The van der Waals surface area contributed by atoms with Crippen molar-refractivity contribution in [3.8, 4) is 0 Å². The zero-order valence-corrected chi connectivity index (χ0v) is 25.0. The average molecular weight is 561 g/mol. The summed E-state index contributed by atoms with van der Waals surface area (Å²) >= 11 is 0. The highest BCUT2D eigenvalue weighted by molar-refractivity contribution is 6.37. The molecule has 10 nitrogen and oxygen atoms in total. The maximum Gasteiger partial charge on any atom is 0.408 e. The highest BCUT2D eigenvalue weighted by Crippen LogP contribution is 2.65. The number of carbonyl (C=O) groups is 5. The van der Waals surface area contributed by atoms with E-state index in [9.17, 15) is 24.0 Å². The summed E-state index contributed by atoms with van der Waals surface area (Å²) in [7, 11) is 0. The Morgan fingerprint density at radius 3 is 2.12 bits per heavy atom. The number of ketones is 1. The lowest BCUT2D eigenvalue weighted by Crippen LogP contribution is -2.61. The molecule has 0 bridgehead atoms. The lowest BCUT2D eigenvalue weighted by molar-refractivity contribution is -0.145. The predicted molar refractivity (Wildman–Crippen MR) is 149 cm³/mol. The number of primary amides is 1. The molecule has 0 aromatic carbocycles. The van der Waals surface area contributed by atoms with Crippen LogP contribution >= 0.6 is 0 Å². The zero-order valence-electron chi connectivity index (χ0n) is 25.0. The predicted octanol–water partition coefficient (Wildman–Crippen LogP) is 3.06. The number of likely N-dealkylation sites (tertiary alicyclic amines) is 1. The Morgan fingerprint density at radius 2 is 1.60 bits per heavy atom. The molecule has 4 fully saturated rings. The molecule has 0 aromatic heterocycles. The summed E-state index contributed by atoms with van der Waals surface area (Å²) in [5.74, 6) is -2.39. The molecule has 4 N–H and O–H groups in total. The second kappa shape index (κ2) is 11.0. The van der Waals surface area contributed by atoms with Gasteiger partial charge in [0.1, 0.15) is 17.7 Å². The number of carbonyl (C=O) groups excluding carboxylic acids is 5. The van der Waals surface area contributed by atoms with Crippen LogP contribution in [-0.4, -0.2) is 64.8 Å². The number of rotatable bonds is 9. The second-order valence-electron chi connectivity index (χ2n) is 14.6. The highest BCUT2D eigenvalue weighted by Gasteiger charge is 2.70. The van der Waals surface area contributed by atoms with Gasteiger partial charge in [0.05, 0.1) is 6.04 Å².